The van der Waals surface area contributed by atoms with E-state index in [9.17, 15) is 14.4 Å². The molecule has 2 heterocycles. The fourth-order valence-electron chi connectivity index (χ4n) is 3.11. The summed E-state index contributed by atoms with van der Waals surface area (Å²) in [6.07, 6.45) is 1.37. The van der Waals surface area contributed by atoms with Crippen molar-refractivity contribution in [1.29, 1.82) is 10.5 Å². The predicted molar refractivity (Wildman–Crippen MR) is 96.9 cm³/mol. The summed E-state index contributed by atoms with van der Waals surface area (Å²) in [5.74, 6) is -0.489. The van der Waals surface area contributed by atoms with Crippen LogP contribution in [0.5, 0.6) is 0 Å². The van der Waals surface area contributed by atoms with Crippen LogP contribution in [0.15, 0.2) is 30.3 Å². The zero-order chi connectivity index (χ0) is 18.5. The van der Waals surface area contributed by atoms with Crippen LogP contribution in [-0.4, -0.2) is 19.0 Å². The maximum Gasteiger partial charge on any atom is 0.223 e. The molecule has 3 rings (SSSR count). The van der Waals surface area contributed by atoms with E-state index in [0.29, 0.717) is 42.9 Å². The zero-order valence-electron chi connectivity index (χ0n) is 14.0. The number of benzene rings is 1. The molecule has 0 saturated carbocycles. The van der Waals surface area contributed by atoms with Crippen molar-refractivity contribution in [3.05, 3.63) is 51.5 Å². The first-order valence-corrected chi connectivity index (χ1v) is 9.13. The zero-order valence-corrected chi connectivity index (χ0v) is 14.9. The Morgan fingerprint density at radius 3 is 2.65 bits per heavy atom. The summed E-state index contributed by atoms with van der Waals surface area (Å²) in [6, 6.07) is 11.9. The second-order valence-corrected chi connectivity index (χ2v) is 7.30. The van der Waals surface area contributed by atoms with Gasteiger partial charge in [0.1, 0.15) is 22.8 Å². The van der Waals surface area contributed by atoms with Crippen molar-refractivity contribution in [2.24, 2.45) is 5.92 Å². The molecule has 0 aliphatic carbocycles. The highest BCUT2D eigenvalue weighted by Crippen LogP contribution is 2.27. The molecule has 1 fully saturated rings. The quantitative estimate of drug-likeness (QED) is 0.899. The molecule has 0 atom stereocenters. The highest BCUT2D eigenvalue weighted by Gasteiger charge is 2.26. The average molecular weight is 368 g/mol. The van der Waals surface area contributed by atoms with Crippen LogP contribution >= 0.6 is 11.3 Å². The first kappa shape index (κ1) is 17.9. The van der Waals surface area contributed by atoms with Gasteiger partial charge in [0.15, 0.2) is 0 Å². The fraction of sp³-hybridized carbons (Fsp3) is 0.316. The molecule has 132 valence electrons. The number of thiophene rings is 1. The second-order valence-electron chi connectivity index (χ2n) is 6.13. The first-order chi connectivity index (χ1) is 12.6. The Hall–Kier alpha value is -2.90. The van der Waals surface area contributed by atoms with E-state index >= 15 is 0 Å². The molecule has 1 amide bonds. The smallest absolute Gasteiger partial charge is 0.223 e. The van der Waals surface area contributed by atoms with Gasteiger partial charge >= 0.3 is 0 Å². The number of halogens is 1. The molecule has 0 unspecified atom stereocenters. The van der Waals surface area contributed by atoms with E-state index in [1.807, 2.05) is 17.0 Å². The molecule has 5 nitrogen and oxygen atoms in total. The van der Waals surface area contributed by atoms with Crippen LogP contribution < -0.4 is 10.2 Å². The molecule has 2 aromatic rings. The molecule has 0 bridgehead atoms. The summed E-state index contributed by atoms with van der Waals surface area (Å²) < 4.78 is 13.3. The molecule has 1 aliphatic heterocycles. The summed E-state index contributed by atoms with van der Waals surface area (Å²) >= 11 is 1.38. The second kappa shape index (κ2) is 7.99. The van der Waals surface area contributed by atoms with E-state index in [2.05, 4.69) is 11.4 Å². The highest BCUT2D eigenvalue weighted by atomic mass is 32.1. The summed E-state index contributed by atoms with van der Waals surface area (Å²) in [5, 5.41) is 20.9. The summed E-state index contributed by atoms with van der Waals surface area (Å²) in [6.45, 7) is 1.73. The Labute approximate surface area is 155 Å². The largest absolute Gasteiger partial charge is 0.370 e. The van der Waals surface area contributed by atoms with Gasteiger partial charge in [-0.25, -0.2) is 4.39 Å². The third kappa shape index (κ3) is 4.01. The number of hydrogen-bond donors (Lipinski definition) is 1. The van der Waals surface area contributed by atoms with Crippen molar-refractivity contribution in [2.45, 2.75) is 19.4 Å². The van der Waals surface area contributed by atoms with Gasteiger partial charge in [-0.05, 0) is 43.2 Å². The monoisotopic (exact) mass is 368 g/mol. The molecular formula is C19H17FN4OS. The maximum atomic E-state index is 13.3. The number of rotatable bonds is 4. The number of nitrogens with zero attached hydrogens (tertiary/aromatic N) is 3. The van der Waals surface area contributed by atoms with Gasteiger partial charge in [0.05, 0.1) is 17.8 Å². The van der Waals surface area contributed by atoms with E-state index in [4.69, 9.17) is 5.26 Å². The van der Waals surface area contributed by atoms with Crippen LogP contribution in [0.3, 0.4) is 0 Å². The van der Waals surface area contributed by atoms with Gasteiger partial charge in [-0.15, -0.1) is 11.3 Å². The SMILES string of the molecule is N#Cc1ccc(CNC(=O)C2CCN(c3ccc(F)cc3C#N)CC2)s1. The molecule has 1 aromatic carbocycles. The highest BCUT2D eigenvalue weighted by molar-refractivity contribution is 7.12. The van der Waals surface area contributed by atoms with Gasteiger partial charge in [0.2, 0.25) is 5.91 Å². The maximum absolute atomic E-state index is 13.3. The molecule has 0 radical (unpaired) electrons. The Balaban J connectivity index is 1.54. The number of piperidine rings is 1. The molecule has 1 aliphatic rings. The minimum Gasteiger partial charge on any atom is -0.370 e. The average Bonchev–Trinajstić information content (AvgIpc) is 3.14. The number of nitrogens with one attached hydrogen (secondary N) is 1. The topological polar surface area (TPSA) is 79.9 Å². The third-order valence-electron chi connectivity index (χ3n) is 4.49. The van der Waals surface area contributed by atoms with E-state index in [-0.39, 0.29) is 11.8 Å². The lowest BCUT2D eigenvalue weighted by molar-refractivity contribution is -0.125. The molecule has 26 heavy (non-hydrogen) atoms. The van der Waals surface area contributed by atoms with E-state index in [0.717, 1.165) is 10.6 Å². The Bertz CT molecular complexity index is 888. The van der Waals surface area contributed by atoms with Crippen LogP contribution in [0, 0.1) is 34.4 Å². The van der Waals surface area contributed by atoms with Gasteiger partial charge in [-0.3, -0.25) is 4.79 Å². The molecule has 7 heteroatoms. The number of anilines is 1. The minimum absolute atomic E-state index is 0.0103. The van der Waals surface area contributed by atoms with Crippen molar-refractivity contribution in [3.63, 3.8) is 0 Å². The number of carbonyl (C=O) groups is 1. The van der Waals surface area contributed by atoms with Gasteiger partial charge < -0.3 is 10.2 Å². The van der Waals surface area contributed by atoms with Crippen molar-refractivity contribution in [1.82, 2.24) is 5.32 Å². The normalized spacial score (nSPS) is 14.5. The lowest BCUT2D eigenvalue weighted by atomic mass is 9.95. The number of nitriles is 2. The van der Waals surface area contributed by atoms with Crippen LogP contribution in [0.2, 0.25) is 0 Å². The lowest BCUT2D eigenvalue weighted by Crippen LogP contribution is -2.40. The number of amides is 1. The number of carbonyl (C=O) groups excluding carboxylic acids is 1. The van der Waals surface area contributed by atoms with Gasteiger partial charge in [-0.1, -0.05) is 0 Å². The van der Waals surface area contributed by atoms with Gasteiger partial charge in [0, 0.05) is 23.9 Å². The first-order valence-electron chi connectivity index (χ1n) is 8.32. The molecular weight excluding hydrogens is 351 g/mol. The van der Waals surface area contributed by atoms with E-state index in [1.165, 1.54) is 23.5 Å². The van der Waals surface area contributed by atoms with Gasteiger partial charge in [-0.2, -0.15) is 10.5 Å². The van der Waals surface area contributed by atoms with E-state index in [1.54, 1.807) is 12.1 Å². The minimum atomic E-state index is -0.423. The van der Waals surface area contributed by atoms with Crippen molar-refractivity contribution in [2.75, 3.05) is 18.0 Å². The Morgan fingerprint density at radius 1 is 1.23 bits per heavy atom. The van der Waals surface area contributed by atoms with Crippen LogP contribution in [0.1, 0.15) is 28.2 Å². The summed E-state index contributed by atoms with van der Waals surface area (Å²) in [5.41, 5.74) is 1.04. The van der Waals surface area contributed by atoms with Crippen molar-refractivity contribution in [3.8, 4) is 12.1 Å². The molecule has 1 N–H and O–H groups in total. The third-order valence-corrected chi connectivity index (χ3v) is 5.48. The lowest BCUT2D eigenvalue weighted by Gasteiger charge is -2.33. The van der Waals surface area contributed by atoms with Crippen molar-refractivity contribution < 1.29 is 9.18 Å². The Kier molecular flexibility index (Phi) is 5.50. The van der Waals surface area contributed by atoms with Crippen molar-refractivity contribution >= 4 is 22.9 Å². The molecule has 1 saturated heterocycles. The standard InChI is InChI=1S/C19H17FN4OS/c20-15-1-4-18(14(9-15)10-21)24-7-5-13(6-8-24)19(25)23-12-17-3-2-16(11-22)26-17/h1-4,9,13H,5-8,12H2,(H,23,25). The van der Waals surface area contributed by atoms with Crippen LogP contribution in [-0.2, 0) is 11.3 Å². The molecule has 1 aromatic heterocycles. The predicted octanol–water partition coefficient (Wildman–Crippen LogP) is 3.16. The van der Waals surface area contributed by atoms with Crippen LogP contribution in [0.4, 0.5) is 10.1 Å². The van der Waals surface area contributed by atoms with E-state index < -0.39 is 5.82 Å². The fourth-order valence-corrected chi connectivity index (χ4v) is 3.85. The van der Waals surface area contributed by atoms with Gasteiger partial charge in [0.25, 0.3) is 0 Å². The molecule has 0 spiro atoms. The number of hydrogen-bond acceptors (Lipinski definition) is 5. The summed E-state index contributed by atoms with van der Waals surface area (Å²) in [7, 11) is 0. The van der Waals surface area contributed by atoms with Crippen LogP contribution in [0.25, 0.3) is 0 Å². The summed E-state index contributed by atoms with van der Waals surface area (Å²) in [4.78, 5) is 16.0. The Morgan fingerprint density at radius 2 is 2.00 bits per heavy atom.